The van der Waals surface area contributed by atoms with Crippen molar-refractivity contribution in [3.63, 3.8) is 0 Å². The lowest BCUT2D eigenvalue weighted by molar-refractivity contribution is 0.181. The fraction of sp³-hybridized carbons (Fsp3) is 0.385. The van der Waals surface area contributed by atoms with Crippen LogP contribution in [0.5, 0.6) is 5.75 Å². The van der Waals surface area contributed by atoms with E-state index < -0.39 is 6.04 Å². The van der Waals surface area contributed by atoms with Crippen LogP contribution in [0.4, 0.5) is 0 Å². The van der Waals surface area contributed by atoms with Gasteiger partial charge in [-0.3, -0.25) is 9.69 Å². The summed E-state index contributed by atoms with van der Waals surface area (Å²) in [4.78, 5) is 18.8. The third kappa shape index (κ3) is 3.88. The van der Waals surface area contributed by atoms with E-state index in [-0.39, 0.29) is 11.1 Å². The predicted molar refractivity (Wildman–Crippen MR) is 131 cm³/mol. The van der Waals surface area contributed by atoms with Crippen LogP contribution >= 0.6 is 0 Å². The van der Waals surface area contributed by atoms with Crippen LogP contribution in [-0.2, 0) is 18.5 Å². The van der Waals surface area contributed by atoms with Gasteiger partial charge in [0.1, 0.15) is 11.8 Å². The molecule has 0 radical (unpaired) electrons. The Morgan fingerprint density at radius 1 is 1.15 bits per heavy atom. The molecule has 1 unspecified atom stereocenters. The molecular weight excluding hydrogens is 428 g/mol. The molecular formula is C26H30N6O2. The molecule has 4 aromatic rings. The Bertz CT molecular complexity index is 1390. The van der Waals surface area contributed by atoms with Crippen molar-refractivity contribution in [1.82, 2.24) is 30.1 Å². The lowest BCUT2D eigenvalue weighted by atomic mass is 9.95. The summed E-state index contributed by atoms with van der Waals surface area (Å²) in [6, 6.07) is 15.7. The molecule has 0 bridgehead atoms. The van der Waals surface area contributed by atoms with Crippen LogP contribution in [0.15, 0.2) is 53.3 Å². The van der Waals surface area contributed by atoms with E-state index in [0.717, 1.165) is 42.6 Å². The lowest BCUT2D eigenvalue weighted by Crippen LogP contribution is -2.40. The summed E-state index contributed by atoms with van der Waals surface area (Å²) in [5.74, 6) is 1.42. The number of aromatic nitrogens is 5. The maximum Gasteiger partial charge on any atom is 0.253 e. The zero-order valence-corrected chi connectivity index (χ0v) is 20.1. The summed E-state index contributed by atoms with van der Waals surface area (Å²) in [5, 5.41) is 13.8. The van der Waals surface area contributed by atoms with Crippen LogP contribution < -0.4 is 10.3 Å². The number of hydrogen-bond acceptors (Lipinski definition) is 6. The Labute approximate surface area is 198 Å². The highest BCUT2D eigenvalue weighted by atomic mass is 16.5. The highest BCUT2D eigenvalue weighted by molar-refractivity contribution is 5.80. The van der Waals surface area contributed by atoms with Gasteiger partial charge in [-0.25, -0.2) is 4.68 Å². The van der Waals surface area contributed by atoms with Crippen molar-refractivity contribution in [2.75, 3.05) is 13.7 Å². The van der Waals surface area contributed by atoms with Gasteiger partial charge in [0.05, 0.1) is 12.6 Å². The van der Waals surface area contributed by atoms with E-state index in [1.54, 1.807) is 7.11 Å². The SMILES string of the molecule is CCC(C)(C)n1nnnc1C(c1cc2cc(OC)ccc2[nH]c1=O)N1CCc2ccccc2C1. The monoisotopic (exact) mass is 458 g/mol. The fourth-order valence-corrected chi connectivity index (χ4v) is 4.71. The smallest absolute Gasteiger partial charge is 0.253 e. The van der Waals surface area contributed by atoms with Crippen molar-refractivity contribution in [3.8, 4) is 5.75 Å². The van der Waals surface area contributed by atoms with Crippen molar-refractivity contribution < 1.29 is 4.74 Å². The Balaban J connectivity index is 1.69. The van der Waals surface area contributed by atoms with Crippen molar-refractivity contribution in [1.29, 1.82) is 0 Å². The second-order valence-corrected chi connectivity index (χ2v) is 9.51. The topological polar surface area (TPSA) is 88.9 Å². The van der Waals surface area contributed by atoms with E-state index in [9.17, 15) is 4.79 Å². The summed E-state index contributed by atoms with van der Waals surface area (Å²) in [6.45, 7) is 7.87. The van der Waals surface area contributed by atoms with Crippen molar-refractivity contribution >= 4 is 10.9 Å². The third-order valence-corrected chi connectivity index (χ3v) is 7.08. The van der Waals surface area contributed by atoms with Crippen LogP contribution in [-0.4, -0.2) is 43.7 Å². The average Bonchev–Trinajstić information content (AvgIpc) is 3.34. The first kappa shape index (κ1) is 22.3. The van der Waals surface area contributed by atoms with E-state index in [0.29, 0.717) is 11.4 Å². The van der Waals surface area contributed by atoms with Gasteiger partial charge in [0.2, 0.25) is 0 Å². The van der Waals surface area contributed by atoms with Gasteiger partial charge in [-0.05, 0) is 72.5 Å². The minimum absolute atomic E-state index is 0.134. The van der Waals surface area contributed by atoms with Crippen LogP contribution in [0.1, 0.15) is 55.7 Å². The molecule has 176 valence electrons. The van der Waals surface area contributed by atoms with Crippen LogP contribution in [0.3, 0.4) is 0 Å². The van der Waals surface area contributed by atoms with Gasteiger partial charge in [-0.2, -0.15) is 0 Å². The molecule has 5 rings (SSSR count). The molecule has 1 aliphatic rings. The maximum atomic E-state index is 13.5. The summed E-state index contributed by atoms with van der Waals surface area (Å²) in [5.41, 5.74) is 3.59. The Kier molecular flexibility index (Phi) is 5.69. The normalized spacial score (nSPS) is 15.3. The minimum atomic E-state index is -0.395. The number of benzene rings is 2. The number of ether oxygens (including phenoxy) is 1. The molecule has 8 heteroatoms. The van der Waals surface area contributed by atoms with Gasteiger partial charge in [0.15, 0.2) is 5.82 Å². The number of rotatable bonds is 6. The number of H-pyrrole nitrogens is 1. The zero-order valence-electron chi connectivity index (χ0n) is 20.1. The molecule has 1 aliphatic heterocycles. The van der Waals surface area contributed by atoms with Gasteiger partial charge in [-0.15, -0.1) is 5.10 Å². The molecule has 0 aliphatic carbocycles. The first-order valence-electron chi connectivity index (χ1n) is 11.7. The number of hydrogen-bond donors (Lipinski definition) is 1. The molecule has 2 aromatic heterocycles. The first-order valence-corrected chi connectivity index (χ1v) is 11.7. The van der Waals surface area contributed by atoms with E-state index in [1.807, 2.05) is 28.9 Å². The number of pyridine rings is 1. The molecule has 3 heterocycles. The summed E-state index contributed by atoms with van der Waals surface area (Å²) >= 11 is 0. The largest absolute Gasteiger partial charge is 0.497 e. The number of nitrogens with one attached hydrogen (secondary N) is 1. The van der Waals surface area contributed by atoms with Crippen molar-refractivity contribution in [2.45, 2.75) is 51.7 Å². The summed E-state index contributed by atoms with van der Waals surface area (Å²) in [6.07, 6.45) is 1.76. The van der Waals surface area contributed by atoms with E-state index in [4.69, 9.17) is 4.74 Å². The first-order chi connectivity index (χ1) is 16.4. The highest BCUT2D eigenvalue weighted by Crippen LogP contribution is 2.34. The predicted octanol–water partition coefficient (Wildman–Crippen LogP) is 3.82. The summed E-state index contributed by atoms with van der Waals surface area (Å²) in [7, 11) is 1.64. The van der Waals surface area contributed by atoms with E-state index in [1.165, 1.54) is 11.1 Å². The molecule has 0 spiro atoms. The van der Waals surface area contributed by atoms with Gasteiger partial charge >= 0.3 is 0 Å². The maximum absolute atomic E-state index is 13.5. The second kappa shape index (κ2) is 8.68. The molecule has 8 nitrogen and oxygen atoms in total. The van der Waals surface area contributed by atoms with Gasteiger partial charge in [0, 0.05) is 29.6 Å². The lowest BCUT2D eigenvalue weighted by Gasteiger charge is -2.36. The number of tetrazole rings is 1. The number of fused-ring (bicyclic) bond motifs is 2. The van der Waals surface area contributed by atoms with Gasteiger partial charge in [0.25, 0.3) is 5.56 Å². The molecule has 0 amide bonds. The van der Waals surface area contributed by atoms with E-state index >= 15 is 0 Å². The Hall–Kier alpha value is -3.52. The highest BCUT2D eigenvalue weighted by Gasteiger charge is 2.35. The molecule has 0 saturated heterocycles. The average molecular weight is 459 g/mol. The van der Waals surface area contributed by atoms with Crippen molar-refractivity contribution in [2.24, 2.45) is 0 Å². The molecule has 34 heavy (non-hydrogen) atoms. The van der Waals surface area contributed by atoms with Gasteiger partial charge in [-0.1, -0.05) is 31.2 Å². The molecule has 0 fully saturated rings. The summed E-state index contributed by atoms with van der Waals surface area (Å²) < 4.78 is 7.30. The van der Waals surface area contributed by atoms with Crippen LogP contribution in [0.25, 0.3) is 10.9 Å². The number of nitrogens with zero attached hydrogens (tertiary/aromatic N) is 5. The van der Waals surface area contributed by atoms with E-state index in [2.05, 4.69) is 70.4 Å². The third-order valence-electron chi connectivity index (χ3n) is 7.08. The zero-order chi connectivity index (χ0) is 23.9. The number of methoxy groups -OCH3 is 1. The molecule has 0 saturated carbocycles. The minimum Gasteiger partial charge on any atom is -0.497 e. The van der Waals surface area contributed by atoms with Crippen LogP contribution in [0.2, 0.25) is 0 Å². The second-order valence-electron chi connectivity index (χ2n) is 9.51. The fourth-order valence-electron chi connectivity index (χ4n) is 4.71. The molecule has 1 atom stereocenters. The number of aromatic amines is 1. The molecule has 1 N–H and O–H groups in total. The van der Waals surface area contributed by atoms with Gasteiger partial charge < -0.3 is 9.72 Å². The molecule has 2 aromatic carbocycles. The standard InChI is InChI=1S/C26H30N6O2/c1-5-26(2,3)32-24(28-29-30-32)23(31-13-12-17-8-6-7-9-18(17)16-31)21-15-19-14-20(34-4)10-11-22(19)27-25(21)33/h6-11,14-15,23H,5,12-13,16H2,1-4H3,(H,27,33). The Morgan fingerprint density at radius 3 is 2.71 bits per heavy atom. The quantitative estimate of drug-likeness (QED) is 0.473. The van der Waals surface area contributed by atoms with Crippen LogP contribution in [0, 0.1) is 0 Å². The Morgan fingerprint density at radius 2 is 1.94 bits per heavy atom. The van der Waals surface area contributed by atoms with Crippen molar-refractivity contribution in [3.05, 3.63) is 81.4 Å².